The molecule has 2 N–H and O–H groups in total. The SMILES string of the molecule is CCN(CC)C(=O)c1cccc(NCc2cccc(C(=O)O)c2)c1. The molecule has 1 amide bonds. The van der Waals surface area contributed by atoms with Gasteiger partial charge in [0.05, 0.1) is 5.56 Å². The third-order valence-electron chi connectivity index (χ3n) is 3.83. The van der Waals surface area contributed by atoms with Gasteiger partial charge in [-0.2, -0.15) is 0 Å². The van der Waals surface area contributed by atoms with Crippen molar-refractivity contribution >= 4 is 17.6 Å². The van der Waals surface area contributed by atoms with Gasteiger partial charge in [0, 0.05) is 30.9 Å². The van der Waals surface area contributed by atoms with Crippen LogP contribution in [0.5, 0.6) is 0 Å². The van der Waals surface area contributed by atoms with E-state index in [4.69, 9.17) is 5.11 Å². The lowest BCUT2D eigenvalue weighted by atomic mass is 10.1. The van der Waals surface area contributed by atoms with Crippen LogP contribution in [0.1, 0.15) is 40.1 Å². The summed E-state index contributed by atoms with van der Waals surface area (Å²) in [7, 11) is 0. The zero-order valence-electron chi connectivity index (χ0n) is 14.0. The number of rotatable bonds is 7. The van der Waals surface area contributed by atoms with Crippen molar-refractivity contribution in [2.45, 2.75) is 20.4 Å². The lowest BCUT2D eigenvalue weighted by molar-refractivity contribution is 0.0695. The van der Waals surface area contributed by atoms with Crippen molar-refractivity contribution in [1.29, 1.82) is 0 Å². The maximum absolute atomic E-state index is 12.4. The standard InChI is InChI=1S/C19H22N2O3/c1-3-21(4-2)18(22)15-8-6-10-17(12-15)20-13-14-7-5-9-16(11-14)19(23)24/h5-12,20H,3-4,13H2,1-2H3,(H,23,24). The number of hydrogen-bond acceptors (Lipinski definition) is 3. The Balaban J connectivity index is 2.08. The molecule has 126 valence electrons. The Bertz CT molecular complexity index is 724. The molecule has 0 atom stereocenters. The van der Waals surface area contributed by atoms with Gasteiger partial charge in [-0.15, -0.1) is 0 Å². The van der Waals surface area contributed by atoms with E-state index < -0.39 is 5.97 Å². The van der Waals surface area contributed by atoms with Crippen LogP contribution in [0.15, 0.2) is 48.5 Å². The molecule has 2 rings (SSSR count). The molecule has 0 aliphatic carbocycles. The fourth-order valence-corrected chi connectivity index (χ4v) is 2.47. The van der Waals surface area contributed by atoms with Crippen molar-refractivity contribution in [3.8, 4) is 0 Å². The van der Waals surface area contributed by atoms with E-state index in [-0.39, 0.29) is 11.5 Å². The quantitative estimate of drug-likeness (QED) is 0.817. The Kier molecular flexibility index (Phi) is 5.95. The van der Waals surface area contributed by atoms with Crippen LogP contribution < -0.4 is 5.32 Å². The Morgan fingerprint density at radius 2 is 1.67 bits per heavy atom. The number of carbonyl (C=O) groups excluding carboxylic acids is 1. The third-order valence-corrected chi connectivity index (χ3v) is 3.83. The molecule has 0 aliphatic heterocycles. The zero-order valence-corrected chi connectivity index (χ0v) is 14.0. The number of benzene rings is 2. The summed E-state index contributed by atoms with van der Waals surface area (Å²) < 4.78 is 0. The molecule has 2 aromatic rings. The summed E-state index contributed by atoms with van der Waals surface area (Å²) in [6.45, 7) is 5.76. The minimum Gasteiger partial charge on any atom is -0.478 e. The molecule has 0 aliphatic rings. The van der Waals surface area contributed by atoms with Crippen molar-refractivity contribution in [2.24, 2.45) is 0 Å². The molecule has 2 aromatic carbocycles. The molecular weight excluding hydrogens is 304 g/mol. The first kappa shape index (κ1) is 17.5. The molecule has 24 heavy (non-hydrogen) atoms. The van der Waals surface area contributed by atoms with Gasteiger partial charge in [0.2, 0.25) is 0 Å². The Hall–Kier alpha value is -2.82. The maximum atomic E-state index is 12.4. The van der Waals surface area contributed by atoms with Gasteiger partial charge < -0.3 is 15.3 Å². The van der Waals surface area contributed by atoms with E-state index >= 15 is 0 Å². The van der Waals surface area contributed by atoms with Gasteiger partial charge in [0.1, 0.15) is 0 Å². The lowest BCUT2D eigenvalue weighted by Crippen LogP contribution is -2.30. The highest BCUT2D eigenvalue weighted by atomic mass is 16.4. The number of aromatic carboxylic acids is 1. The van der Waals surface area contributed by atoms with Crippen LogP contribution in [-0.4, -0.2) is 35.0 Å². The van der Waals surface area contributed by atoms with Crippen molar-refractivity contribution in [3.05, 3.63) is 65.2 Å². The highest BCUT2D eigenvalue weighted by molar-refractivity contribution is 5.95. The number of carboxylic acid groups (broad SMARTS) is 1. The average Bonchev–Trinajstić information content (AvgIpc) is 2.61. The van der Waals surface area contributed by atoms with Gasteiger partial charge >= 0.3 is 5.97 Å². The Morgan fingerprint density at radius 1 is 1.00 bits per heavy atom. The van der Waals surface area contributed by atoms with Crippen molar-refractivity contribution < 1.29 is 14.7 Å². The average molecular weight is 326 g/mol. The molecule has 0 unspecified atom stereocenters. The minimum absolute atomic E-state index is 0.0107. The lowest BCUT2D eigenvalue weighted by Gasteiger charge is -2.19. The molecule has 0 bridgehead atoms. The maximum Gasteiger partial charge on any atom is 0.335 e. The van der Waals surface area contributed by atoms with Crippen molar-refractivity contribution in [2.75, 3.05) is 18.4 Å². The summed E-state index contributed by atoms with van der Waals surface area (Å²) in [6, 6.07) is 14.1. The molecule has 0 radical (unpaired) electrons. The molecule has 0 saturated carbocycles. The topological polar surface area (TPSA) is 69.6 Å². The predicted molar refractivity (Wildman–Crippen MR) is 94.4 cm³/mol. The van der Waals surface area contributed by atoms with Gasteiger partial charge in [-0.25, -0.2) is 4.79 Å². The minimum atomic E-state index is -0.941. The van der Waals surface area contributed by atoms with E-state index in [0.29, 0.717) is 25.2 Å². The Labute approximate surface area is 141 Å². The molecule has 0 aromatic heterocycles. The van der Waals surface area contributed by atoms with E-state index in [9.17, 15) is 9.59 Å². The summed E-state index contributed by atoms with van der Waals surface area (Å²) in [6.07, 6.45) is 0. The summed E-state index contributed by atoms with van der Waals surface area (Å²) in [4.78, 5) is 25.2. The van der Waals surface area contributed by atoms with Crippen LogP contribution >= 0.6 is 0 Å². The number of nitrogens with zero attached hydrogens (tertiary/aromatic N) is 1. The first-order chi connectivity index (χ1) is 11.5. The largest absolute Gasteiger partial charge is 0.478 e. The van der Waals surface area contributed by atoms with Gasteiger partial charge in [-0.05, 0) is 49.7 Å². The fourth-order valence-electron chi connectivity index (χ4n) is 2.47. The normalized spacial score (nSPS) is 10.2. The van der Waals surface area contributed by atoms with Crippen LogP contribution in [0.2, 0.25) is 0 Å². The number of nitrogens with one attached hydrogen (secondary N) is 1. The Morgan fingerprint density at radius 3 is 2.33 bits per heavy atom. The summed E-state index contributed by atoms with van der Waals surface area (Å²) in [5.74, 6) is -0.930. The summed E-state index contributed by atoms with van der Waals surface area (Å²) in [5, 5.41) is 12.3. The van der Waals surface area contributed by atoms with Crippen molar-refractivity contribution in [3.63, 3.8) is 0 Å². The second-order valence-corrected chi connectivity index (χ2v) is 5.42. The third kappa shape index (κ3) is 4.35. The summed E-state index contributed by atoms with van der Waals surface area (Å²) >= 11 is 0. The first-order valence-electron chi connectivity index (χ1n) is 8.00. The van der Waals surface area contributed by atoms with E-state index in [0.717, 1.165) is 11.3 Å². The smallest absolute Gasteiger partial charge is 0.335 e. The van der Waals surface area contributed by atoms with Crippen LogP contribution in [0.4, 0.5) is 5.69 Å². The van der Waals surface area contributed by atoms with Gasteiger partial charge in [0.25, 0.3) is 5.91 Å². The zero-order chi connectivity index (χ0) is 17.5. The summed E-state index contributed by atoms with van der Waals surface area (Å²) in [5.41, 5.74) is 2.60. The molecule has 5 heteroatoms. The van der Waals surface area contributed by atoms with Crippen molar-refractivity contribution in [1.82, 2.24) is 4.90 Å². The van der Waals surface area contributed by atoms with Crippen LogP contribution in [0, 0.1) is 0 Å². The van der Waals surface area contributed by atoms with E-state index in [1.807, 2.05) is 38.1 Å². The van der Waals surface area contributed by atoms with E-state index in [2.05, 4.69) is 5.32 Å². The molecule has 0 spiro atoms. The van der Waals surface area contributed by atoms with Gasteiger partial charge in [-0.1, -0.05) is 18.2 Å². The van der Waals surface area contributed by atoms with E-state index in [1.54, 1.807) is 29.2 Å². The van der Waals surface area contributed by atoms with Crippen LogP contribution in [0.25, 0.3) is 0 Å². The van der Waals surface area contributed by atoms with Crippen LogP contribution in [0.3, 0.4) is 0 Å². The highest BCUT2D eigenvalue weighted by Gasteiger charge is 2.12. The number of amides is 1. The fraction of sp³-hybridized carbons (Fsp3) is 0.263. The predicted octanol–water partition coefficient (Wildman–Crippen LogP) is 3.48. The molecule has 0 heterocycles. The van der Waals surface area contributed by atoms with Gasteiger partial charge in [0.15, 0.2) is 0 Å². The highest BCUT2D eigenvalue weighted by Crippen LogP contribution is 2.15. The molecule has 5 nitrogen and oxygen atoms in total. The second-order valence-electron chi connectivity index (χ2n) is 5.42. The molecule has 0 saturated heterocycles. The molecule has 0 fully saturated rings. The van der Waals surface area contributed by atoms with Crippen LogP contribution in [-0.2, 0) is 6.54 Å². The number of hydrogen-bond donors (Lipinski definition) is 2. The number of anilines is 1. The molecular formula is C19H22N2O3. The first-order valence-corrected chi connectivity index (χ1v) is 8.00. The van der Waals surface area contributed by atoms with Gasteiger partial charge in [-0.3, -0.25) is 4.79 Å². The number of carboxylic acids is 1. The number of carbonyl (C=O) groups is 2. The second kappa shape index (κ2) is 8.15. The monoisotopic (exact) mass is 326 g/mol. The van der Waals surface area contributed by atoms with E-state index in [1.165, 1.54) is 0 Å².